The van der Waals surface area contributed by atoms with Crippen molar-refractivity contribution in [3.8, 4) is 0 Å². The molecule has 1 saturated heterocycles. The fourth-order valence-corrected chi connectivity index (χ4v) is 2.66. The van der Waals surface area contributed by atoms with Gasteiger partial charge in [-0.15, -0.1) is 0 Å². The number of halogens is 1. The fraction of sp³-hybridized carbons (Fsp3) is 0.867. The van der Waals surface area contributed by atoms with E-state index in [1.54, 1.807) is 6.92 Å². The standard InChI is InChI=1S/C15H27FN2O3.Na.H/c1-13(12-17-9-5-3-6-10-17)15(21)18(16)11-7-2-4-8-14(19)20;;/h13H,2-12H2,1H3,(H,19,20);;/q;+1;-1. The molecule has 1 heterocycles. The Bertz CT molecular complexity index is 345. The van der Waals surface area contributed by atoms with Crippen LogP contribution in [0.15, 0.2) is 0 Å². The minimum absolute atomic E-state index is 0. The Morgan fingerprint density at radius 3 is 2.45 bits per heavy atom. The maximum absolute atomic E-state index is 13.7. The van der Waals surface area contributed by atoms with Crippen LogP contribution in [0, 0.1) is 5.92 Å². The molecular weight excluding hydrogens is 298 g/mol. The van der Waals surface area contributed by atoms with Crippen molar-refractivity contribution in [3.63, 3.8) is 0 Å². The van der Waals surface area contributed by atoms with E-state index in [9.17, 15) is 14.1 Å². The van der Waals surface area contributed by atoms with Gasteiger partial charge in [-0.05, 0) is 38.8 Å². The first-order valence-corrected chi connectivity index (χ1v) is 7.92. The van der Waals surface area contributed by atoms with Gasteiger partial charge in [0.25, 0.3) is 5.91 Å². The molecule has 1 unspecified atom stereocenters. The molecule has 0 aliphatic carbocycles. The summed E-state index contributed by atoms with van der Waals surface area (Å²) in [6.45, 7) is 4.45. The average molecular weight is 326 g/mol. The molecule has 0 saturated carbocycles. The molecule has 0 aromatic rings. The maximum atomic E-state index is 13.7. The summed E-state index contributed by atoms with van der Waals surface area (Å²) in [6, 6.07) is 0. The van der Waals surface area contributed by atoms with Crippen LogP contribution >= 0.6 is 0 Å². The molecule has 1 rings (SSSR count). The van der Waals surface area contributed by atoms with Gasteiger partial charge in [-0.3, -0.25) is 9.59 Å². The topological polar surface area (TPSA) is 60.9 Å². The number of unbranched alkanes of at least 4 members (excludes halogenated alkanes) is 2. The molecule has 1 fully saturated rings. The number of rotatable bonds is 9. The van der Waals surface area contributed by atoms with Crippen LogP contribution in [-0.2, 0) is 9.59 Å². The summed E-state index contributed by atoms with van der Waals surface area (Å²) in [5.41, 5.74) is 0. The molecule has 1 atom stereocenters. The van der Waals surface area contributed by atoms with Gasteiger partial charge in [0.15, 0.2) is 0 Å². The number of aliphatic carboxylic acids is 1. The van der Waals surface area contributed by atoms with E-state index in [0.29, 0.717) is 30.9 Å². The van der Waals surface area contributed by atoms with Crippen LogP contribution in [0.3, 0.4) is 0 Å². The van der Waals surface area contributed by atoms with Gasteiger partial charge in [0, 0.05) is 13.0 Å². The molecule has 1 amide bonds. The van der Waals surface area contributed by atoms with Crippen molar-refractivity contribution in [2.75, 3.05) is 26.2 Å². The first kappa shape index (κ1) is 21.8. The number of carboxylic acids is 1. The molecule has 1 aliphatic heterocycles. The second-order valence-electron chi connectivity index (χ2n) is 5.89. The summed E-state index contributed by atoms with van der Waals surface area (Å²) in [5, 5.41) is 8.80. The quantitative estimate of drug-likeness (QED) is 0.355. The molecule has 5 nitrogen and oxygen atoms in total. The first-order chi connectivity index (χ1) is 10.0. The molecule has 0 aromatic heterocycles. The summed E-state index contributed by atoms with van der Waals surface area (Å²) < 4.78 is 13.7. The molecule has 0 aromatic carbocycles. The number of carbonyl (C=O) groups excluding carboxylic acids is 1. The summed E-state index contributed by atoms with van der Waals surface area (Å²) in [6.07, 6.45) is 5.32. The number of hydrogen-bond donors (Lipinski definition) is 1. The largest absolute Gasteiger partial charge is 1.00 e. The van der Waals surface area contributed by atoms with E-state index in [-0.39, 0.29) is 49.9 Å². The van der Waals surface area contributed by atoms with Crippen molar-refractivity contribution in [3.05, 3.63) is 0 Å². The molecule has 1 N–H and O–H groups in total. The number of amides is 1. The first-order valence-electron chi connectivity index (χ1n) is 7.92. The molecule has 0 bridgehead atoms. The Balaban J connectivity index is 0. The molecule has 1 aliphatic rings. The third kappa shape index (κ3) is 9.08. The second kappa shape index (κ2) is 12.3. The summed E-state index contributed by atoms with van der Waals surface area (Å²) in [5.74, 6) is -1.62. The van der Waals surface area contributed by atoms with E-state index in [4.69, 9.17) is 5.11 Å². The van der Waals surface area contributed by atoms with Gasteiger partial charge < -0.3 is 11.4 Å². The summed E-state index contributed by atoms with van der Waals surface area (Å²) >= 11 is 0. The van der Waals surface area contributed by atoms with Gasteiger partial charge in [-0.1, -0.05) is 24.2 Å². The Kier molecular flexibility index (Phi) is 12.2. The maximum Gasteiger partial charge on any atom is 1.00 e. The Morgan fingerprint density at radius 1 is 1.23 bits per heavy atom. The zero-order valence-electron chi connectivity index (χ0n) is 14.9. The zero-order chi connectivity index (χ0) is 15.7. The monoisotopic (exact) mass is 326 g/mol. The van der Waals surface area contributed by atoms with E-state index in [1.165, 1.54) is 6.42 Å². The van der Waals surface area contributed by atoms with Gasteiger partial charge in [0.05, 0.1) is 12.5 Å². The Labute approximate surface area is 155 Å². The average Bonchev–Trinajstić information content (AvgIpc) is 2.46. The van der Waals surface area contributed by atoms with Gasteiger partial charge in [-0.25, -0.2) is 0 Å². The Hall–Kier alpha value is -0.170. The van der Waals surface area contributed by atoms with Crippen molar-refractivity contribution in [1.82, 2.24) is 10.0 Å². The number of carboxylic acid groups (broad SMARTS) is 1. The van der Waals surface area contributed by atoms with Crippen LogP contribution in [0.2, 0.25) is 0 Å². The normalized spacial score (nSPS) is 16.6. The van der Waals surface area contributed by atoms with Crippen LogP contribution in [0.25, 0.3) is 0 Å². The van der Waals surface area contributed by atoms with Crippen LogP contribution < -0.4 is 29.6 Å². The smallest absolute Gasteiger partial charge is 1.00 e. The predicted octanol–water partition coefficient (Wildman–Crippen LogP) is -0.417. The van der Waals surface area contributed by atoms with Crippen LogP contribution in [-0.4, -0.2) is 53.2 Å². The molecule has 124 valence electrons. The molecule has 7 heteroatoms. The second-order valence-corrected chi connectivity index (χ2v) is 5.89. The van der Waals surface area contributed by atoms with E-state index >= 15 is 0 Å². The molecule has 0 spiro atoms. The van der Waals surface area contributed by atoms with E-state index in [2.05, 4.69) is 4.90 Å². The SMILES string of the molecule is CC(CN1CCCCC1)C(=O)N(F)CCCCCC(=O)O.[H-].[Na+]. The number of hydrogen-bond acceptors (Lipinski definition) is 3. The molecule has 0 radical (unpaired) electrons. The number of piperidine rings is 1. The van der Waals surface area contributed by atoms with Crippen molar-refractivity contribution in [2.45, 2.75) is 51.9 Å². The predicted molar refractivity (Wildman–Crippen MR) is 79.5 cm³/mol. The minimum atomic E-state index is -0.835. The Morgan fingerprint density at radius 2 is 1.86 bits per heavy atom. The summed E-state index contributed by atoms with van der Waals surface area (Å²) in [4.78, 5) is 24.5. The number of carbonyl (C=O) groups is 2. The number of nitrogens with zero attached hydrogens (tertiary/aromatic N) is 2. The minimum Gasteiger partial charge on any atom is -1.00 e. The van der Waals surface area contributed by atoms with Gasteiger partial charge in [0.2, 0.25) is 0 Å². The third-order valence-corrected chi connectivity index (χ3v) is 3.89. The fourth-order valence-electron chi connectivity index (χ4n) is 2.66. The summed E-state index contributed by atoms with van der Waals surface area (Å²) in [7, 11) is 0. The third-order valence-electron chi connectivity index (χ3n) is 3.89. The van der Waals surface area contributed by atoms with E-state index < -0.39 is 11.9 Å². The molecule has 22 heavy (non-hydrogen) atoms. The van der Waals surface area contributed by atoms with E-state index in [0.717, 1.165) is 25.9 Å². The van der Waals surface area contributed by atoms with E-state index in [1.807, 2.05) is 0 Å². The van der Waals surface area contributed by atoms with Crippen molar-refractivity contribution in [1.29, 1.82) is 0 Å². The van der Waals surface area contributed by atoms with Crippen LogP contribution in [0.4, 0.5) is 4.48 Å². The molecular formula is C15H28FN2NaO3. The van der Waals surface area contributed by atoms with Crippen molar-refractivity contribution >= 4 is 11.9 Å². The van der Waals surface area contributed by atoms with Crippen molar-refractivity contribution in [2.24, 2.45) is 5.92 Å². The van der Waals surface area contributed by atoms with Crippen LogP contribution in [0.1, 0.15) is 53.3 Å². The number of likely N-dealkylation sites (tertiary alicyclic amines) is 1. The van der Waals surface area contributed by atoms with Crippen LogP contribution in [0.5, 0.6) is 0 Å². The zero-order valence-corrected chi connectivity index (χ0v) is 15.9. The van der Waals surface area contributed by atoms with Crippen molar-refractivity contribution < 1.29 is 50.2 Å². The van der Waals surface area contributed by atoms with Gasteiger partial charge in [-0.2, -0.15) is 5.12 Å². The van der Waals surface area contributed by atoms with Gasteiger partial charge >= 0.3 is 35.5 Å². The van der Waals surface area contributed by atoms with Gasteiger partial charge in [0.1, 0.15) is 0 Å².